The maximum Gasteiger partial charge on any atom is 0.262 e. The van der Waals surface area contributed by atoms with Crippen LogP contribution in [-0.4, -0.2) is 22.8 Å². The molecule has 2 aromatic heterocycles. The maximum atomic E-state index is 13.1. The number of rotatable bonds is 7. The molecule has 0 atom stereocenters. The fourth-order valence-electron chi connectivity index (χ4n) is 3.20. The van der Waals surface area contributed by atoms with E-state index in [1.54, 1.807) is 10.9 Å². The molecule has 2 heterocycles. The Bertz CT molecular complexity index is 1180. The molecule has 0 aliphatic heterocycles. The summed E-state index contributed by atoms with van der Waals surface area (Å²) < 4.78 is 12.9. The monoisotopic (exact) mass is 406 g/mol. The molecule has 0 saturated heterocycles. The molecular weight excluding hydrogens is 384 g/mol. The number of aryl methyl sites for hydroxylation is 1. The molecule has 0 spiro atoms. The smallest absolute Gasteiger partial charge is 0.262 e. The summed E-state index contributed by atoms with van der Waals surface area (Å²) in [5.74, 6) is 1.62. The highest BCUT2D eigenvalue weighted by Crippen LogP contribution is 2.31. The van der Waals surface area contributed by atoms with Gasteiger partial charge in [-0.15, -0.1) is 11.3 Å². The van der Waals surface area contributed by atoms with E-state index in [0.717, 1.165) is 33.0 Å². The van der Waals surface area contributed by atoms with Crippen LogP contribution >= 0.6 is 11.3 Å². The zero-order valence-corrected chi connectivity index (χ0v) is 17.2. The van der Waals surface area contributed by atoms with Crippen LogP contribution in [0.3, 0.4) is 0 Å². The van der Waals surface area contributed by atoms with Crippen LogP contribution in [0.25, 0.3) is 21.3 Å². The SMILES string of the molecule is CCOc1ccc(-c2csc3ncn(CCOc4cccc(C)c4)c(=O)c23)cc1. The van der Waals surface area contributed by atoms with E-state index < -0.39 is 0 Å². The third-order valence-corrected chi connectivity index (χ3v) is 5.51. The molecule has 148 valence electrons. The van der Waals surface area contributed by atoms with Crippen LogP contribution in [0.4, 0.5) is 0 Å². The average Bonchev–Trinajstić information content (AvgIpc) is 3.16. The number of aromatic nitrogens is 2. The lowest BCUT2D eigenvalue weighted by molar-refractivity contribution is 0.296. The van der Waals surface area contributed by atoms with E-state index in [2.05, 4.69) is 4.98 Å². The molecule has 0 fully saturated rings. The molecule has 5 nitrogen and oxygen atoms in total. The first-order valence-electron chi connectivity index (χ1n) is 9.55. The van der Waals surface area contributed by atoms with Crippen molar-refractivity contribution in [1.29, 1.82) is 0 Å². The minimum atomic E-state index is -0.0482. The van der Waals surface area contributed by atoms with Gasteiger partial charge in [0.15, 0.2) is 0 Å². The summed E-state index contributed by atoms with van der Waals surface area (Å²) in [4.78, 5) is 18.3. The number of hydrogen-bond acceptors (Lipinski definition) is 5. The summed E-state index contributed by atoms with van der Waals surface area (Å²) in [5, 5.41) is 2.64. The normalized spacial score (nSPS) is 11.0. The quantitative estimate of drug-likeness (QED) is 0.438. The first kappa shape index (κ1) is 19.2. The predicted molar refractivity (Wildman–Crippen MR) is 117 cm³/mol. The summed E-state index contributed by atoms with van der Waals surface area (Å²) in [6.07, 6.45) is 1.60. The van der Waals surface area contributed by atoms with Gasteiger partial charge < -0.3 is 9.47 Å². The van der Waals surface area contributed by atoms with Crippen LogP contribution in [-0.2, 0) is 6.54 Å². The van der Waals surface area contributed by atoms with Gasteiger partial charge in [0.25, 0.3) is 5.56 Å². The molecule has 0 aliphatic carbocycles. The Labute approximate surface area is 173 Å². The lowest BCUT2D eigenvalue weighted by atomic mass is 10.1. The molecule has 0 aliphatic rings. The number of nitrogens with zero attached hydrogens (tertiary/aromatic N) is 2. The van der Waals surface area contributed by atoms with E-state index in [-0.39, 0.29) is 5.56 Å². The Morgan fingerprint density at radius 2 is 1.90 bits per heavy atom. The van der Waals surface area contributed by atoms with E-state index in [9.17, 15) is 4.79 Å². The largest absolute Gasteiger partial charge is 0.494 e. The van der Waals surface area contributed by atoms with Crippen molar-refractivity contribution in [1.82, 2.24) is 9.55 Å². The number of hydrogen-bond donors (Lipinski definition) is 0. The lowest BCUT2D eigenvalue weighted by Crippen LogP contribution is -2.23. The summed E-state index contributed by atoms with van der Waals surface area (Å²) in [6.45, 7) is 5.44. The van der Waals surface area contributed by atoms with Crippen LogP contribution in [0.2, 0.25) is 0 Å². The van der Waals surface area contributed by atoms with Crippen molar-refractivity contribution in [3.63, 3.8) is 0 Å². The fourth-order valence-corrected chi connectivity index (χ4v) is 4.11. The van der Waals surface area contributed by atoms with Gasteiger partial charge in [0, 0.05) is 10.9 Å². The highest BCUT2D eigenvalue weighted by Gasteiger charge is 2.13. The van der Waals surface area contributed by atoms with Gasteiger partial charge in [0.05, 0.1) is 24.9 Å². The minimum absolute atomic E-state index is 0.0482. The number of ether oxygens (including phenoxy) is 2. The van der Waals surface area contributed by atoms with Gasteiger partial charge in [-0.2, -0.15) is 0 Å². The summed E-state index contributed by atoms with van der Waals surface area (Å²) in [7, 11) is 0. The second kappa shape index (κ2) is 8.49. The maximum absolute atomic E-state index is 13.1. The molecular formula is C23H22N2O3S. The van der Waals surface area contributed by atoms with Crippen molar-refractivity contribution in [3.05, 3.63) is 76.2 Å². The fraction of sp³-hybridized carbons (Fsp3) is 0.217. The highest BCUT2D eigenvalue weighted by atomic mass is 32.1. The van der Waals surface area contributed by atoms with E-state index in [1.807, 2.05) is 67.8 Å². The molecule has 29 heavy (non-hydrogen) atoms. The van der Waals surface area contributed by atoms with Crippen molar-refractivity contribution < 1.29 is 9.47 Å². The molecule has 0 unspecified atom stereocenters. The molecule has 4 aromatic rings. The molecule has 2 aromatic carbocycles. The number of fused-ring (bicyclic) bond motifs is 1. The Hall–Kier alpha value is -3.12. The third kappa shape index (κ3) is 4.17. The van der Waals surface area contributed by atoms with Gasteiger partial charge in [-0.05, 0) is 49.2 Å². The third-order valence-electron chi connectivity index (χ3n) is 4.63. The van der Waals surface area contributed by atoms with E-state index in [4.69, 9.17) is 9.47 Å². The van der Waals surface area contributed by atoms with Crippen LogP contribution in [0.15, 0.2) is 65.0 Å². The van der Waals surface area contributed by atoms with Gasteiger partial charge in [-0.3, -0.25) is 9.36 Å². The van der Waals surface area contributed by atoms with Crippen LogP contribution in [0.1, 0.15) is 12.5 Å². The number of thiophene rings is 1. The zero-order chi connectivity index (χ0) is 20.2. The standard InChI is InChI=1S/C23H22N2O3S/c1-3-27-18-9-7-17(8-10-18)20-14-29-22-21(20)23(26)25(15-24-22)11-12-28-19-6-4-5-16(2)13-19/h4-10,13-15H,3,11-12H2,1-2H3. The zero-order valence-electron chi connectivity index (χ0n) is 16.4. The first-order valence-corrected chi connectivity index (χ1v) is 10.4. The van der Waals surface area contributed by atoms with Gasteiger partial charge in [-0.25, -0.2) is 4.98 Å². The Morgan fingerprint density at radius 1 is 1.07 bits per heavy atom. The minimum Gasteiger partial charge on any atom is -0.494 e. The summed E-state index contributed by atoms with van der Waals surface area (Å²) in [6, 6.07) is 15.7. The van der Waals surface area contributed by atoms with Gasteiger partial charge in [0.2, 0.25) is 0 Å². The van der Waals surface area contributed by atoms with Crippen molar-refractivity contribution in [2.24, 2.45) is 0 Å². The van der Waals surface area contributed by atoms with Crippen molar-refractivity contribution >= 4 is 21.6 Å². The summed E-state index contributed by atoms with van der Waals surface area (Å²) >= 11 is 1.48. The van der Waals surface area contributed by atoms with E-state index in [1.165, 1.54) is 11.3 Å². The van der Waals surface area contributed by atoms with E-state index >= 15 is 0 Å². The molecule has 6 heteroatoms. The Morgan fingerprint density at radius 3 is 2.66 bits per heavy atom. The van der Waals surface area contributed by atoms with Crippen LogP contribution in [0.5, 0.6) is 11.5 Å². The van der Waals surface area contributed by atoms with Crippen molar-refractivity contribution in [2.75, 3.05) is 13.2 Å². The van der Waals surface area contributed by atoms with Gasteiger partial charge >= 0.3 is 0 Å². The molecule has 0 amide bonds. The second-order valence-electron chi connectivity index (χ2n) is 6.70. The Balaban J connectivity index is 1.58. The molecule has 4 rings (SSSR count). The van der Waals surface area contributed by atoms with Crippen molar-refractivity contribution in [2.45, 2.75) is 20.4 Å². The topological polar surface area (TPSA) is 53.4 Å². The Kier molecular flexibility index (Phi) is 5.62. The molecule has 0 saturated carbocycles. The molecule has 0 radical (unpaired) electrons. The molecule has 0 N–H and O–H groups in total. The first-order chi connectivity index (χ1) is 14.2. The second-order valence-corrected chi connectivity index (χ2v) is 7.55. The lowest BCUT2D eigenvalue weighted by Gasteiger charge is -2.09. The predicted octanol–water partition coefficient (Wildman–Crippen LogP) is 4.91. The van der Waals surface area contributed by atoms with Gasteiger partial charge in [-0.1, -0.05) is 24.3 Å². The summed E-state index contributed by atoms with van der Waals surface area (Å²) in [5.41, 5.74) is 2.97. The van der Waals surface area contributed by atoms with E-state index in [0.29, 0.717) is 25.1 Å². The number of benzene rings is 2. The average molecular weight is 407 g/mol. The van der Waals surface area contributed by atoms with Crippen molar-refractivity contribution in [3.8, 4) is 22.6 Å². The van der Waals surface area contributed by atoms with Gasteiger partial charge in [0.1, 0.15) is 22.9 Å². The highest BCUT2D eigenvalue weighted by molar-refractivity contribution is 7.17. The van der Waals surface area contributed by atoms with Crippen LogP contribution in [0, 0.1) is 6.92 Å². The molecule has 0 bridgehead atoms. The van der Waals surface area contributed by atoms with Crippen LogP contribution < -0.4 is 15.0 Å².